The highest BCUT2D eigenvalue weighted by Crippen LogP contribution is 2.18. The third-order valence-electron chi connectivity index (χ3n) is 3.63. The van der Waals surface area contributed by atoms with E-state index in [1.165, 1.54) is 0 Å². The van der Waals surface area contributed by atoms with Crippen LogP contribution in [0.5, 0.6) is 0 Å². The van der Waals surface area contributed by atoms with Gasteiger partial charge in [0.25, 0.3) is 0 Å². The van der Waals surface area contributed by atoms with Crippen LogP contribution in [0, 0.1) is 6.92 Å². The molecule has 0 radical (unpaired) electrons. The lowest BCUT2D eigenvalue weighted by molar-refractivity contribution is 0.380. The number of nitrogens with zero attached hydrogens (tertiary/aromatic N) is 4. The van der Waals surface area contributed by atoms with Crippen molar-refractivity contribution in [2.75, 3.05) is 13.1 Å². The summed E-state index contributed by atoms with van der Waals surface area (Å²) < 4.78 is 5.29. The number of nitrogens with one attached hydrogen (secondary N) is 2. The molecule has 0 saturated carbocycles. The molecule has 0 unspecified atom stereocenters. The third-order valence-corrected chi connectivity index (χ3v) is 4.70. The highest BCUT2D eigenvalue weighted by molar-refractivity contribution is 14.0. The van der Waals surface area contributed by atoms with E-state index in [2.05, 4.69) is 36.1 Å². The standard InChI is InChI=1S/C18H21ClN6OS.HI/c1-3-20-18(21-9-8-15-11-27-12(2)23-15)22-10-16-24-17(25-26-16)13-4-6-14(19)7-5-13;/h4-7,11H,3,8-10H2,1-2H3,(H2,20,21,22);1H. The first kappa shape index (κ1) is 22.6. The van der Waals surface area contributed by atoms with Gasteiger partial charge in [0.15, 0.2) is 5.96 Å². The molecule has 150 valence electrons. The lowest BCUT2D eigenvalue weighted by Gasteiger charge is -2.09. The molecule has 1 aromatic carbocycles. The zero-order valence-electron chi connectivity index (χ0n) is 15.6. The third kappa shape index (κ3) is 6.71. The van der Waals surface area contributed by atoms with Crippen LogP contribution in [0.25, 0.3) is 11.4 Å². The summed E-state index contributed by atoms with van der Waals surface area (Å²) in [6.45, 7) is 5.84. The first-order valence-corrected chi connectivity index (χ1v) is 9.91. The maximum atomic E-state index is 5.90. The van der Waals surface area contributed by atoms with Crippen LogP contribution >= 0.6 is 46.9 Å². The van der Waals surface area contributed by atoms with Crippen molar-refractivity contribution >= 4 is 52.9 Å². The zero-order valence-corrected chi connectivity index (χ0v) is 19.5. The average Bonchev–Trinajstić information content (AvgIpc) is 3.29. The van der Waals surface area contributed by atoms with E-state index in [0.29, 0.717) is 29.2 Å². The number of thiazole rings is 1. The minimum atomic E-state index is 0. The second-order valence-electron chi connectivity index (χ2n) is 5.75. The summed E-state index contributed by atoms with van der Waals surface area (Å²) in [6, 6.07) is 7.29. The maximum absolute atomic E-state index is 5.90. The summed E-state index contributed by atoms with van der Waals surface area (Å²) in [7, 11) is 0. The summed E-state index contributed by atoms with van der Waals surface area (Å²) in [5, 5.41) is 14.3. The van der Waals surface area contributed by atoms with E-state index >= 15 is 0 Å². The number of rotatable bonds is 7. The normalized spacial score (nSPS) is 11.2. The molecular weight excluding hydrogens is 511 g/mol. The van der Waals surface area contributed by atoms with E-state index in [-0.39, 0.29) is 24.0 Å². The van der Waals surface area contributed by atoms with Crippen LogP contribution in [0.3, 0.4) is 0 Å². The van der Waals surface area contributed by atoms with Crippen LogP contribution in [-0.4, -0.2) is 34.2 Å². The van der Waals surface area contributed by atoms with E-state index in [9.17, 15) is 0 Å². The van der Waals surface area contributed by atoms with Gasteiger partial charge in [-0.3, -0.25) is 0 Å². The van der Waals surface area contributed by atoms with Crippen molar-refractivity contribution in [1.29, 1.82) is 0 Å². The first-order chi connectivity index (χ1) is 13.1. The topological polar surface area (TPSA) is 88.2 Å². The molecule has 2 N–H and O–H groups in total. The quantitative estimate of drug-likeness (QED) is 0.271. The number of halogens is 2. The molecule has 2 heterocycles. The van der Waals surface area contributed by atoms with Gasteiger partial charge >= 0.3 is 0 Å². The molecular formula is C18H22ClIN6OS. The van der Waals surface area contributed by atoms with Crippen molar-refractivity contribution in [3.05, 3.63) is 51.3 Å². The van der Waals surface area contributed by atoms with Gasteiger partial charge < -0.3 is 15.2 Å². The van der Waals surface area contributed by atoms with E-state index in [4.69, 9.17) is 16.1 Å². The fraction of sp³-hybridized carbons (Fsp3) is 0.333. The van der Waals surface area contributed by atoms with E-state index in [1.807, 2.05) is 26.0 Å². The summed E-state index contributed by atoms with van der Waals surface area (Å²) >= 11 is 7.56. The molecule has 2 aromatic heterocycles. The predicted molar refractivity (Wildman–Crippen MR) is 124 cm³/mol. The molecule has 7 nitrogen and oxygen atoms in total. The van der Waals surface area contributed by atoms with E-state index in [1.54, 1.807) is 23.5 Å². The Morgan fingerprint density at radius 1 is 1.21 bits per heavy atom. The van der Waals surface area contributed by atoms with Crippen LogP contribution in [-0.2, 0) is 13.0 Å². The smallest absolute Gasteiger partial charge is 0.248 e. The van der Waals surface area contributed by atoms with Crippen LogP contribution < -0.4 is 10.6 Å². The fourth-order valence-corrected chi connectivity index (χ4v) is 3.13. The average molecular weight is 533 g/mol. The van der Waals surface area contributed by atoms with Crippen molar-refractivity contribution in [2.45, 2.75) is 26.8 Å². The molecule has 0 bridgehead atoms. The Morgan fingerprint density at radius 3 is 2.68 bits per heavy atom. The van der Waals surface area contributed by atoms with Crippen LogP contribution in [0.1, 0.15) is 23.5 Å². The number of guanidine groups is 1. The molecule has 0 atom stereocenters. The number of hydrogen-bond donors (Lipinski definition) is 2. The second kappa shape index (κ2) is 11.3. The van der Waals surface area contributed by atoms with Gasteiger partial charge in [-0.25, -0.2) is 9.98 Å². The Hall–Kier alpha value is -1.72. The Labute approximate surface area is 190 Å². The Morgan fingerprint density at radius 2 is 2.00 bits per heavy atom. The molecule has 0 amide bonds. The summed E-state index contributed by atoms with van der Waals surface area (Å²) in [5.74, 6) is 1.68. The van der Waals surface area contributed by atoms with Crippen molar-refractivity contribution in [3.63, 3.8) is 0 Å². The number of aryl methyl sites for hydroxylation is 1. The van der Waals surface area contributed by atoms with Crippen LogP contribution in [0.2, 0.25) is 5.02 Å². The van der Waals surface area contributed by atoms with Gasteiger partial charge in [0.2, 0.25) is 11.7 Å². The molecule has 3 rings (SSSR count). The Balaban J connectivity index is 0.00000280. The Kier molecular flexibility index (Phi) is 9.13. The van der Waals surface area contributed by atoms with E-state index < -0.39 is 0 Å². The van der Waals surface area contributed by atoms with Gasteiger partial charge in [0.1, 0.15) is 6.54 Å². The molecule has 0 fully saturated rings. The maximum Gasteiger partial charge on any atom is 0.248 e. The molecule has 0 aliphatic rings. The molecule has 28 heavy (non-hydrogen) atoms. The van der Waals surface area contributed by atoms with Gasteiger partial charge in [-0.2, -0.15) is 4.98 Å². The van der Waals surface area contributed by atoms with Crippen LogP contribution in [0.15, 0.2) is 39.2 Å². The number of hydrogen-bond acceptors (Lipinski definition) is 6. The molecule has 0 saturated heterocycles. The minimum Gasteiger partial charge on any atom is -0.357 e. The minimum absolute atomic E-state index is 0. The lowest BCUT2D eigenvalue weighted by atomic mass is 10.2. The fourth-order valence-electron chi connectivity index (χ4n) is 2.36. The predicted octanol–water partition coefficient (Wildman–Crippen LogP) is 4.07. The van der Waals surface area contributed by atoms with Crippen molar-refractivity contribution in [1.82, 2.24) is 25.8 Å². The highest BCUT2D eigenvalue weighted by Gasteiger charge is 2.09. The van der Waals surface area contributed by atoms with Crippen molar-refractivity contribution < 1.29 is 4.52 Å². The number of aliphatic imine (C=N–C) groups is 1. The van der Waals surface area contributed by atoms with Gasteiger partial charge in [-0.05, 0) is 38.1 Å². The van der Waals surface area contributed by atoms with Crippen molar-refractivity contribution in [2.24, 2.45) is 4.99 Å². The highest BCUT2D eigenvalue weighted by atomic mass is 127. The number of aromatic nitrogens is 3. The number of benzene rings is 1. The first-order valence-electron chi connectivity index (χ1n) is 8.65. The lowest BCUT2D eigenvalue weighted by Crippen LogP contribution is -2.38. The molecule has 10 heteroatoms. The monoisotopic (exact) mass is 532 g/mol. The van der Waals surface area contributed by atoms with Crippen molar-refractivity contribution in [3.8, 4) is 11.4 Å². The molecule has 0 spiro atoms. The van der Waals surface area contributed by atoms with Crippen LogP contribution in [0.4, 0.5) is 0 Å². The van der Waals surface area contributed by atoms with Gasteiger partial charge in [0.05, 0.1) is 10.7 Å². The summed E-state index contributed by atoms with van der Waals surface area (Å²) in [5.41, 5.74) is 1.94. The molecule has 0 aliphatic carbocycles. The summed E-state index contributed by atoms with van der Waals surface area (Å²) in [4.78, 5) is 13.3. The largest absolute Gasteiger partial charge is 0.357 e. The summed E-state index contributed by atoms with van der Waals surface area (Å²) in [6.07, 6.45) is 0.843. The SMILES string of the molecule is CCNC(=NCc1nc(-c2ccc(Cl)cc2)no1)NCCc1csc(C)n1.I. The van der Waals surface area contributed by atoms with Gasteiger partial charge in [-0.1, -0.05) is 16.8 Å². The second-order valence-corrected chi connectivity index (χ2v) is 7.25. The molecule has 0 aliphatic heterocycles. The van der Waals surface area contributed by atoms with Gasteiger partial charge in [-0.15, -0.1) is 35.3 Å². The molecule has 3 aromatic rings. The van der Waals surface area contributed by atoms with E-state index in [0.717, 1.165) is 35.8 Å². The van der Waals surface area contributed by atoms with Gasteiger partial charge in [0, 0.05) is 35.5 Å². The zero-order chi connectivity index (χ0) is 19.1. The Bertz CT molecular complexity index is 896.